The Morgan fingerprint density at radius 1 is 1.26 bits per heavy atom. The number of hydrogen-bond donors (Lipinski definition) is 3. The molecule has 0 radical (unpaired) electrons. The minimum Gasteiger partial charge on any atom is -0.482 e. The number of alkyl halides is 3. The third-order valence-corrected chi connectivity index (χ3v) is 4.78. The van der Waals surface area contributed by atoms with E-state index in [2.05, 4.69) is 5.32 Å². The Balaban J connectivity index is 1.90. The maximum absolute atomic E-state index is 13.5. The molecule has 0 aromatic heterocycles. The van der Waals surface area contributed by atoms with Crippen LogP contribution in [0.4, 0.5) is 23.2 Å². The van der Waals surface area contributed by atoms with Crippen molar-refractivity contribution in [3.8, 4) is 11.8 Å². The molecule has 31 heavy (non-hydrogen) atoms. The quantitative estimate of drug-likeness (QED) is 0.400. The zero-order chi connectivity index (χ0) is 23.2. The molecule has 3 N–H and O–H groups in total. The Hall–Kier alpha value is -2.91. The highest BCUT2D eigenvalue weighted by Gasteiger charge is 2.32. The van der Waals surface area contributed by atoms with E-state index in [1.165, 1.54) is 6.07 Å². The number of nitrogens with one attached hydrogen (secondary N) is 1. The van der Waals surface area contributed by atoms with Gasteiger partial charge in [0, 0.05) is 25.7 Å². The lowest BCUT2D eigenvalue weighted by Crippen LogP contribution is -2.47. The summed E-state index contributed by atoms with van der Waals surface area (Å²) in [6.07, 6.45) is -7.73. The number of carbonyl (C=O) groups excluding carboxylic acids is 2. The molecule has 170 valence electrons. The van der Waals surface area contributed by atoms with Gasteiger partial charge < -0.3 is 25.2 Å². The number of ether oxygens (including phenoxy) is 1. The number of aliphatic hydroxyl groups is 2. The molecule has 1 heterocycles. The summed E-state index contributed by atoms with van der Waals surface area (Å²) >= 11 is 0. The average molecular weight is 447 g/mol. The fraction of sp³-hybridized carbons (Fsp3) is 0.526. The van der Waals surface area contributed by atoms with Crippen LogP contribution in [0.3, 0.4) is 0 Å². The zero-order valence-corrected chi connectivity index (χ0v) is 16.2. The molecular weight excluding hydrogens is 426 g/mol. The molecule has 8 nitrogen and oxygen atoms in total. The number of carbonyl (C=O) groups is 2. The van der Waals surface area contributed by atoms with Crippen molar-refractivity contribution in [3.05, 3.63) is 24.0 Å². The molecule has 0 saturated carbocycles. The summed E-state index contributed by atoms with van der Waals surface area (Å²) in [5, 5.41) is 29.8. The van der Waals surface area contributed by atoms with E-state index in [9.17, 15) is 37.4 Å². The molecule has 0 aliphatic carbocycles. The Morgan fingerprint density at radius 3 is 2.48 bits per heavy atom. The molecule has 1 aliphatic rings. The third kappa shape index (κ3) is 7.08. The van der Waals surface area contributed by atoms with Gasteiger partial charge in [-0.3, -0.25) is 9.59 Å². The van der Waals surface area contributed by atoms with Gasteiger partial charge in [-0.25, -0.2) is 4.39 Å². The average Bonchev–Trinajstić information content (AvgIpc) is 2.74. The van der Waals surface area contributed by atoms with Crippen LogP contribution in [0.5, 0.6) is 5.75 Å². The second-order valence-electron chi connectivity index (χ2n) is 7.06. The first-order valence-corrected chi connectivity index (χ1v) is 9.33. The third-order valence-electron chi connectivity index (χ3n) is 4.78. The van der Waals surface area contributed by atoms with Gasteiger partial charge in [-0.1, -0.05) is 0 Å². The van der Waals surface area contributed by atoms with E-state index in [0.717, 1.165) is 18.2 Å². The van der Waals surface area contributed by atoms with Gasteiger partial charge in [0.2, 0.25) is 0 Å². The largest absolute Gasteiger partial charge is 0.482 e. The predicted molar refractivity (Wildman–Crippen MR) is 98.5 cm³/mol. The summed E-state index contributed by atoms with van der Waals surface area (Å²) in [6, 6.07) is 4.48. The van der Waals surface area contributed by atoms with Gasteiger partial charge in [-0.2, -0.15) is 18.4 Å². The maximum Gasteiger partial charge on any atom is 0.422 e. The molecule has 1 saturated heterocycles. The molecule has 12 heteroatoms. The van der Waals surface area contributed by atoms with Gasteiger partial charge in [0.25, 0.3) is 11.7 Å². The summed E-state index contributed by atoms with van der Waals surface area (Å²) in [5.74, 6) is -3.33. The molecule has 2 rings (SSSR count). The zero-order valence-electron chi connectivity index (χ0n) is 16.2. The highest BCUT2D eigenvalue weighted by molar-refractivity contribution is 6.00. The number of amides is 1. The van der Waals surface area contributed by atoms with Crippen LogP contribution in [0.25, 0.3) is 0 Å². The highest BCUT2D eigenvalue weighted by Crippen LogP contribution is 2.33. The van der Waals surface area contributed by atoms with Crippen molar-refractivity contribution in [1.82, 2.24) is 5.32 Å². The molecule has 1 amide bonds. The number of benzene rings is 1. The number of aliphatic hydroxyl groups excluding tert-OH is 2. The Kier molecular flexibility index (Phi) is 8.18. The fourth-order valence-corrected chi connectivity index (χ4v) is 3.10. The van der Waals surface area contributed by atoms with Crippen LogP contribution >= 0.6 is 0 Å². The van der Waals surface area contributed by atoms with Crippen molar-refractivity contribution in [2.45, 2.75) is 31.2 Å². The standard InChI is InChI=1S/C19H21F4N3O5/c20-12-1-2-13(15(7-12)31-10-19(21,22)23)26-5-3-11(4-6-26)9-25-18(30)17(29)16(28)14(27)8-24/h1-2,7,11,16-17,28-29H,3-6,9-10H2,(H,25,30)/t16-,17+/m0/s1. The Labute approximate surface area is 175 Å². The lowest BCUT2D eigenvalue weighted by atomic mass is 9.96. The van der Waals surface area contributed by atoms with E-state index in [4.69, 9.17) is 10.00 Å². The van der Waals surface area contributed by atoms with Gasteiger partial charge in [0.15, 0.2) is 18.8 Å². The van der Waals surface area contributed by atoms with Crippen LogP contribution in [0.15, 0.2) is 18.2 Å². The molecule has 1 fully saturated rings. The molecule has 2 atom stereocenters. The monoisotopic (exact) mass is 447 g/mol. The smallest absolute Gasteiger partial charge is 0.422 e. The molecular formula is C19H21F4N3O5. The maximum atomic E-state index is 13.5. The van der Waals surface area contributed by atoms with Crippen molar-refractivity contribution in [1.29, 1.82) is 5.26 Å². The van der Waals surface area contributed by atoms with Crippen LogP contribution in [0.2, 0.25) is 0 Å². The van der Waals surface area contributed by atoms with Gasteiger partial charge in [0.05, 0.1) is 5.69 Å². The minimum atomic E-state index is -4.56. The van der Waals surface area contributed by atoms with Crippen molar-refractivity contribution in [2.75, 3.05) is 31.1 Å². The van der Waals surface area contributed by atoms with Gasteiger partial charge in [0.1, 0.15) is 17.6 Å². The molecule has 0 unspecified atom stereocenters. The molecule has 0 bridgehead atoms. The Bertz CT molecular complexity index is 835. The van der Waals surface area contributed by atoms with Crippen molar-refractivity contribution >= 4 is 17.4 Å². The number of hydrogen-bond acceptors (Lipinski definition) is 7. The minimum absolute atomic E-state index is 0.0452. The fourth-order valence-electron chi connectivity index (χ4n) is 3.10. The lowest BCUT2D eigenvalue weighted by Gasteiger charge is -2.34. The molecule has 1 aromatic carbocycles. The predicted octanol–water partition coefficient (Wildman–Crippen LogP) is 0.914. The first-order valence-electron chi connectivity index (χ1n) is 9.33. The van der Waals surface area contributed by atoms with Crippen molar-refractivity contribution in [2.24, 2.45) is 5.92 Å². The number of halogens is 4. The number of anilines is 1. The van der Waals surface area contributed by atoms with Gasteiger partial charge in [-0.05, 0) is 30.9 Å². The topological polar surface area (TPSA) is 123 Å². The van der Waals surface area contributed by atoms with Gasteiger partial charge >= 0.3 is 6.18 Å². The van der Waals surface area contributed by atoms with E-state index in [1.54, 1.807) is 4.90 Å². The second kappa shape index (κ2) is 10.4. The van der Waals surface area contributed by atoms with E-state index in [1.807, 2.05) is 0 Å². The first-order chi connectivity index (χ1) is 14.5. The number of ketones is 1. The summed E-state index contributed by atoms with van der Waals surface area (Å²) in [5.41, 5.74) is 0.321. The number of nitrogens with zero attached hydrogens (tertiary/aromatic N) is 2. The number of nitriles is 1. The lowest BCUT2D eigenvalue weighted by molar-refractivity contribution is -0.153. The summed E-state index contributed by atoms with van der Waals surface area (Å²) < 4.78 is 55.6. The van der Waals surface area contributed by atoms with Crippen molar-refractivity contribution < 1.29 is 42.1 Å². The van der Waals surface area contributed by atoms with Crippen molar-refractivity contribution in [3.63, 3.8) is 0 Å². The highest BCUT2D eigenvalue weighted by atomic mass is 19.4. The van der Waals surface area contributed by atoms with Crippen LogP contribution in [0, 0.1) is 23.1 Å². The Morgan fingerprint density at radius 2 is 1.90 bits per heavy atom. The number of rotatable bonds is 8. The van der Waals surface area contributed by atoms with Crippen LogP contribution < -0.4 is 15.0 Å². The normalized spacial score (nSPS) is 16.9. The molecule has 1 aliphatic heterocycles. The summed E-state index contributed by atoms with van der Waals surface area (Å²) in [7, 11) is 0. The van der Waals surface area contributed by atoms with E-state index in [0.29, 0.717) is 31.6 Å². The van der Waals surface area contributed by atoms with E-state index < -0.39 is 42.5 Å². The number of piperidine rings is 1. The molecule has 1 aromatic rings. The van der Waals surface area contributed by atoms with Crippen LogP contribution in [0.1, 0.15) is 12.8 Å². The van der Waals surface area contributed by atoms with E-state index in [-0.39, 0.29) is 18.2 Å². The van der Waals surface area contributed by atoms with Crippen LogP contribution in [-0.4, -0.2) is 66.5 Å². The molecule has 0 spiro atoms. The first kappa shape index (κ1) is 24.4. The second-order valence-corrected chi connectivity index (χ2v) is 7.06. The van der Waals surface area contributed by atoms with Crippen LogP contribution in [-0.2, 0) is 9.59 Å². The van der Waals surface area contributed by atoms with Gasteiger partial charge in [-0.15, -0.1) is 0 Å². The SMILES string of the molecule is N#CC(=O)[C@H](O)[C@@H](O)C(=O)NCC1CCN(c2ccc(F)cc2OCC(F)(F)F)CC1. The number of Topliss-reactive ketones (excluding diaryl/α,β-unsaturated/α-hetero) is 1. The summed E-state index contributed by atoms with van der Waals surface area (Å²) in [4.78, 5) is 24.6. The summed E-state index contributed by atoms with van der Waals surface area (Å²) in [6.45, 7) is -0.633. The van der Waals surface area contributed by atoms with E-state index >= 15 is 0 Å².